The van der Waals surface area contributed by atoms with Crippen LogP contribution in [0.15, 0.2) is 24.3 Å². The summed E-state index contributed by atoms with van der Waals surface area (Å²) in [6.07, 6.45) is 0. The molecule has 0 amide bonds. The van der Waals surface area contributed by atoms with Gasteiger partial charge in [0.2, 0.25) is 0 Å². The van der Waals surface area contributed by atoms with Crippen LogP contribution < -0.4 is 5.32 Å². The molecule has 1 rings (SSSR count). The average molecular weight is 242 g/mol. The SMILES string of the molecule is CCNC(c1ccccc1Cl)C(C)(C)OC. The zero-order chi connectivity index (χ0) is 12.2. The summed E-state index contributed by atoms with van der Waals surface area (Å²) in [5.74, 6) is 0. The lowest BCUT2D eigenvalue weighted by Crippen LogP contribution is -2.40. The first-order valence-electron chi connectivity index (χ1n) is 5.56. The van der Waals surface area contributed by atoms with Crippen molar-refractivity contribution in [3.63, 3.8) is 0 Å². The number of rotatable bonds is 5. The van der Waals surface area contributed by atoms with Crippen LogP contribution in [-0.2, 0) is 4.74 Å². The van der Waals surface area contributed by atoms with Crippen molar-refractivity contribution in [1.29, 1.82) is 0 Å². The number of hydrogen-bond acceptors (Lipinski definition) is 2. The Morgan fingerprint density at radius 3 is 2.50 bits per heavy atom. The summed E-state index contributed by atoms with van der Waals surface area (Å²) < 4.78 is 5.54. The average Bonchev–Trinajstić information content (AvgIpc) is 2.27. The van der Waals surface area contributed by atoms with Crippen LogP contribution in [0.3, 0.4) is 0 Å². The molecule has 0 aliphatic heterocycles. The lowest BCUT2D eigenvalue weighted by molar-refractivity contribution is -0.0106. The van der Waals surface area contributed by atoms with Gasteiger partial charge in [0.1, 0.15) is 0 Å². The van der Waals surface area contributed by atoms with E-state index < -0.39 is 0 Å². The van der Waals surface area contributed by atoms with Crippen molar-refractivity contribution in [3.05, 3.63) is 34.9 Å². The molecule has 0 aliphatic carbocycles. The lowest BCUT2D eigenvalue weighted by atomic mass is 9.91. The zero-order valence-electron chi connectivity index (χ0n) is 10.4. The number of hydrogen-bond donors (Lipinski definition) is 1. The smallest absolute Gasteiger partial charge is 0.0817 e. The zero-order valence-corrected chi connectivity index (χ0v) is 11.1. The molecule has 1 N–H and O–H groups in total. The highest BCUT2D eigenvalue weighted by Gasteiger charge is 2.31. The Morgan fingerprint density at radius 2 is 2.00 bits per heavy atom. The van der Waals surface area contributed by atoms with Crippen LogP contribution in [-0.4, -0.2) is 19.3 Å². The predicted molar refractivity (Wildman–Crippen MR) is 69.0 cm³/mol. The van der Waals surface area contributed by atoms with E-state index in [9.17, 15) is 0 Å². The summed E-state index contributed by atoms with van der Waals surface area (Å²) in [6.45, 7) is 7.07. The van der Waals surface area contributed by atoms with Crippen LogP contribution in [0.5, 0.6) is 0 Å². The Morgan fingerprint density at radius 1 is 1.38 bits per heavy atom. The minimum absolute atomic E-state index is 0.0937. The normalized spacial score (nSPS) is 13.8. The van der Waals surface area contributed by atoms with Crippen molar-refractivity contribution in [1.82, 2.24) is 5.32 Å². The molecule has 16 heavy (non-hydrogen) atoms. The van der Waals surface area contributed by atoms with E-state index in [2.05, 4.69) is 26.1 Å². The monoisotopic (exact) mass is 241 g/mol. The number of nitrogens with one attached hydrogen (secondary N) is 1. The van der Waals surface area contributed by atoms with Crippen molar-refractivity contribution < 1.29 is 4.74 Å². The highest BCUT2D eigenvalue weighted by molar-refractivity contribution is 6.31. The second-order valence-corrected chi connectivity index (χ2v) is 4.73. The standard InChI is InChI=1S/C13H20ClNO/c1-5-15-12(13(2,3)16-4)10-8-6-7-9-11(10)14/h6-9,12,15H,5H2,1-4H3. The fourth-order valence-electron chi connectivity index (χ4n) is 1.76. The van der Waals surface area contributed by atoms with Crippen molar-refractivity contribution in [3.8, 4) is 0 Å². The van der Waals surface area contributed by atoms with Gasteiger partial charge in [0.05, 0.1) is 11.6 Å². The Labute approximate surface area is 103 Å². The molecule has 1 aromatic carbocycles. The van der Waals surface area contributed by atoms with Gasteiger partial charge < -0.3 is 10.1 Å². The van der Waals surface area contributed by atoms with E-state index in [1.165, 1.54) is 0 Å². The number of likely N-dealkylation sites (N-methyl/N-ethyl adjacent to an activating group) is 1. The molecule has 3 heteroatoms. The predicted octanol–water partition coefficient (Wildman–Crippen LogP) is 3.42. The van der Waals surface area contributed by atoms with Crippen molar-refractivity contribution in [2.45, 2.75) is 32.4 Å². The highest BCUT2D eigenvalue weighted by atomic mass is 35.5. The van der Waals surface area contributed by atoms with Crippen LogP contribution in [0.1, 0.15) is 32.4 Å². The molecule has 0 saturated carbocycles. The Balaban J connectivity index is 3.08. The summed E-state index contributed by atoms with van der Waals surface area (Å²) in [4.78, 5) is 0. The van der Waals surface area contributed by atoms with Gasteiger partial charge in [0, 0.05) is 12.1 Å². The van der Waals surface area contributed by atoms with Crippen molar-refractivity contribution >= 4 is 11.6 Å². The van der Waals surface area contributed by atoms with Gasteiger partial charge in [-0.05, 0) is 32.0 Å². The van der Waals surface area contributed by atoms with Gasteiger partial charge in [0.15, 0.2) is 0 Å². The first kappa shape index (κ1) is 13.5. The summed E-state index contributed by atoms with van der Waals surface area (Å²) in [5.41, 5.74) is 0.791. The third-order valence-corrected chi connectivity index (χ3v) is 3.19. The third-order valence-electron chi connectivity index (χ3n) is 2.85. The van der Waals surface area contributed by atoms with Crippen LogP contribution in [0, 0.1) is 0 Å². The molecule has 1 aromatic rings. The number of ether oxygens (including phenoxy) is 1. The largest absolute Gasteiger partial charge is 0.377 e. The molecule has 0 heterocycles. The Bertz CT molecular complexity index is 338. The Kier molecular flexibility index (Phi) is 4.78. The molecule has 1 atom stereocenters. The number of benzene rings is 1. The van der Waals surface area contributed by atoms with Gasteiger partial charge in [-0.2, -0.15) is 0 Å². The Hall–Kier alpha value is -0.570. The van der Waals surface area contributed by atoms with Crippen LogP contribution in [0.25, 0.3) is 0 Å². The van der Waals surface area contributed by atoms with E-state index in [1.807, 2.05) is 24.3 Å². The summed E-state index contributed by atoms with van der Waals surface area (Å²) in [6, 6.07) is 7.98. The van der Waals surface area contributed by atoms with Gasteiger partial charge >= 0.3 is 0 Å². The minimum atomic E-state index is -0.291. The van der Waals surface area contributed by atoms with Gasteiger partial charge in [-0.1, -0.05) is 36.7 Å². The van der Waals surface area contributed by atoms with E-state index in [0.717, 1.165) is 17.1 Å². The summed E-state index contributed by atoms with van der Waals surface area (Å²) in [5, 5.41) is 4.20. The second-order valence-electron chi connectivity index (χ2n) is 4.32. The van der Waals surface area contributed by atoms with Gasteiger partial charge in [-0.3, -0.25) is 0 Å². The van der Waals surface area contributed by atoms with E-state index >= 15 is 0 Å². The molecular weight excluding hydrogens is 222 g/mol. The van der Waals surface area contributed by atoms with E-state index in [0.29, 0.717) is 0 Å². The fraction of sp³-hybridized carbons (Fsp3) is 0.538. The van der Waals surface area contributed by atoms with E-state index in [1.54, 1.807) is 7.11 Å². The van der Waals surface area contributed by atoms with Gasteiger partial charge in [0.25, 0.3) is 0 Å². The summed E-state index contributed by atoms with van der Waals surface area (Å²) >= 11 is 6.22. The maximum absolute atomic E-state index is 6.22. The van der Waals surface area contributed by atoms with Crippen molar-refractivity contribution in [2.24, 2.45) is 0 Å². The molecule has 0 aliphatic rings. The molecule has 0 bridgehead atoms. The maximum atomic E-state index is 6.22. The molecule has 0 spiro atoms. The van der Waals surface area contributed by atoms with Crippen LogP contribution >= 0.6 is 11.6 Å². The second kappa shape index (κ2) is 5.67. The molecule has 1 unspecified atom stereocenters. The van der Waals surface area contributed by atoms with Gasteiger partial charge in [-0.25, -0.2) is 0 Å². The summed E-state index contributed by atoms with van der Waals surface area (Å²) in [7, 11) is 1.72. The molecule has 0 saturated heterocycles. The third kappa shape index (κ3) is 2.97. The van der Waals surface area contributed by atoms with Crippen LogP contribution in [0.4, 0.5) is 0 Å². The molecular formula is C13H20ClNO. The number of halogens is 1. The number of methoxy groups -OCH3 is 1. The molecule has 0 fully saturated rings. The highest BCUT2D eigenvalue weighted by Crippen LogP contribution is 2.32. The lowest BCUT2D eigenvalue weighted by Gasteiger charge is -2.34. The molecule has 2 nitrogen and oxygen atoms in total. The molecule has 0 radical (unpaired) electrons. The molecule has 90 valence electrons. The quantitative estimate of drug-likeness (QED) is 0.853. The van der Waals surface area contributed by atoms with Crippen LogP contribution in [0.2, 0.25) is 5.02 Å². The maximum Gasteiger partial charge on any atom is 0.0817 e. The first-order valence-corrected chi connectivity index (χ1v) is 5.93. The molecule has 0 aromatic heterocycles. The fourth-order valence-corrected chi connectivity index (χ4v) is 2.01. The first-order chi connectivity index (χ1) is 7.53. The van der Waals surface area contributed by atoms with Gasteiger partial charge in [-0.15, -0.1) is 0 Å². The van der Waals surface area contributed by atoms with E-state index in [-0.39, 0.29) is 11.6 Å². The topological polar surface area (TPSA) is 21.3 Å². The van der Waals surface area contributed by atoms with E-state index in [4.69, 9.17) is 16.3 Å². The van der Waals surface area contributed by atoms with Crippen molar-refractivity contribution in [2.75, 3.05) is 13.7 Å². The minimum Gasteiger partial charge on any atom is -0.377 e.